The molecule has 26 heavy (non-hydrogen) atoms. The minimum absolute atomic E-state index is 0.0197. The molecule has 0 saturated heterocycles. The molecule has 7 heteroatoms. The van der Waals surface area contributed by atoms with Crippen LogP contribution in [0.25, 0.3) is 10.9 Å². The van der Waals surface area contributed by atoms with Gasteiger partial charge in [0, 0.05) is 18.5 Å². The summed E-state index contributed by atoms with van der Waals surface area (Å²) in [5, 5.41) is 10.6. The highest BCUT2D eigenvalue weighted by Gasteiger charge is 2.24. The first-order chi connectivity index (χ1) is 12.4. The molecule has 0 amide bonds. The summed E-state index contributed by atoms with van der Waals surface area (Å²) in [6.07, 6.45) is 0. The highest BCUT2D eigenvalue weighted by atomic mass is 79.9. The first-order valence-corrected chi connectivity index (χ1v) is 8.77. The van der Waals surface area contributed by atoms with E-state index in [0.29, 0.717) is 26.9 Å². The number of phenols is 1. The number of ether oxygens (including phenoxy) is 2. The molecule has 0 saturated carbocycles. The SMILES string of the molecule is CCOC(=O)c1c(COc2cccc(F)c2)n(C)c2cc(Br)c(O)cc12. The second-order valence-electron chi connectivity index (χ2n) is 5.67. The number of aromatic nitrogens is 1. The number of carbonyl (C=O) groups excluding carboxylic acids is 1. The quantitative estimate of drug-likeness (QED) is 0.614. The van der Waals surface area contributed by atoms with Crippen LogP contribution in [0.1, 0.15) is 23.0 Å². The lowest BCUT2D eigenvalue weighted by Crippen LogP contribution is -2.11. The Morgan fingerprint density at radius 2 is 2.08 bits per heavy atom. The van der Waals surface area contributed by atoms with Gasteiger partial charge in [0.15, 0.2) is 0 Å². The molecule has 0 aliphatic rings. The fourth-order valence-electron chi connectivity index (χ4n) is 2.81. The number of rotatable bonds is 5. The molecule has 2 aromatic carbocycles. The number of hydrogen-bond donors (Lipinski definition) is 1. The molecule has 0 bridgehead atoms. The van der Waals surface area contributed by atoms with Crippen LogP contribution in [0, 0.1) is 5.82 Å². The summed E-state index contributed by atoms with van der Waals surface area (Å²) < 4.78 is 26.5. The van der Waals surface area contributed by atoms with E-state index in [9.17, 15) is 14.3 Å². The number of hydrogen-bond acceptors (Lipinski definition) is 4. The van der Waals surface area contributed by atoms with Gasteiger partial charge in [-0.3, -0.25) is 0 Å². The zero-order valence-electron chi connectivity index (χ0n) is 14.3. The van der Waals surface area contributed by atoms with Gasteiger partial charge in [0.2, 0.25) is 0 Å². The average Bonchev–Trinajstić information content (AvgIpc) is 2.86. The molecule has 0 spiro atoms. The van der Waals surface area contributed by atoms with Crippen molar-refractivity contribution in [2.45, 2.75) is 13.5 Å². The Morgan fingerprint density at radius 1 is 1.31 bits per heavy atom. The highest BCUT2D eigenvalue weighted by Crippen LogP contribution is 2.35. The van der Waals surface area contributed by atoms with E-state index in [1.807, 2.05) is 0 Å². The standard InChI is InChI=1S/C19H17BrFNO4/c1-3-25-19(24)18-13-8-17(23)14(20)9-15(13)22(2)16(18)10-26-12-6-4-5-11(21)7-12/h4-9,23H,3,10H2,1-2H3. The number of fused-ring (bicyclic) bond motifs is 1. The monoisotopic (exact) mass is 421 g/mol. The van der Waals surface area contributed by atoms with Gasteiger partial charge in [0.25, 0.3) is 0 Å². The Balaban J connectivity index is 2.08. The van der Waals surface area contributed by atoms with Crippen molar-refractivity contribution in [3.63, 3.8) is 0 Å². The molecule has 0 fully saturated rings. The largest absolute Gasteiger partial charge is 0.507 e. The number of aromatic hydroxyl groups is 1. The lowest BCUT2D eigenvalue weighted by atomic mass is 10.1. The van der Waals surface area contributed by atoms with Crippen LogP contribution >= 0.6 is 15.9 Å². The van der Waals surface area contributed by atoms with Gasteiger partial charge in [-0.15, -0.1) is 0 Å². The van der Waals surface area contributed by atoms with Crippen LogP contribution < -0.4 is 4.74 Å². The Bertz CT molecular complexity index is 983. The third-order valence-corrected chi connectivity index (χ3v) is 4.68. The summed E-state index contributed by atoms with van der Waals surface area (Å²) in [5.41, 5.74) is 1.62. The van der Waals surface area contributed by atoms with Crippen LogP contribution in [0.3, 0.4) is 0 Å². The van der Waals surface area contributed by atoms with Gasteiger partial charge in [-0.2, -0.15) is 0 Å². The first kappa shape index (κ1) is 18.3. The van der Waals surface area contributed by atoms with Gasteiger partial charge in [0.1, 0.15) is 23.9 Å². The van der Waals surface area contributed by atoms with Crippen molar-refractivity contribution in [3.05, 3.63) is 57.9 Å². The summed E-state index contributed by atoms with van der Waals surface area (Å²) in [5.74, 6) is -0.531. The number of carbonyl (C=O) groups is 1. The van der Waals surface area contributed by atoms with Gasteiger partial charge in [-0.05, 0) is 47.1 Å². The molecule has 1 aromatic heterocycles. The minimum atomic E-state index is -0.502. The van der Waals surface area contributed by atoms with Crippen molar-refractivity contribution in [1.29, 1.82) is 0 Å². The second-order valence-corrected chi connectivity index (χ2v) is 6.52. The highest BCUT2D eigenvalue weighted by molar-refractivity contribution is 9.10. The van der Waals surface area contributed by atoms with Crippen molar-refractivity contribution in [1.82, 2.24) is 4.57 Å². The molecular weight excluding hydrogens is 405 g/mol. The molecule has 3 rings (SSSR count). The van der Waals surface area contributed by atoms with Crippen molar-refractivity contribution in [3.8, 4) is 11.5 Å². The van der Waals surface area contributed by atoms with E-state index in [1.165, 1.54) is 18.2 Å². The van der Waals surface area contributed by atoms with Crippen LogP contribution in [0.15, 0.2) is 40.9 Å². The van der Waals surface area contributed by atoms with Gasteiger partial charge in [-0.25, -0.2) is 9.18 Å². The molecule has 0 aliphatic carbocycles. The number of benzene rings is 2. The summed E-state index contributed by atoms with van der Waals surface area (Å²) in [7, 11) is 1.79. The predicted molar refractivity (Wildman–Crippen MR) is 99.0 cm³/mol. The number of aryl methyl sites for hydroxylation is 1. The number of nitrogens with zero attached hydrogens (tertiary/aromatic N) is 1. The third-order valence-electron chi connectivity index (χ3n) is 4.04. The fourth-order valence-corrected chi connectivity index (χ4v) is 3.14. The van der Waals surface area contributed by atoms with E-state index >= 15 is 0 Å². The Kier molecular flexibility index (Phi) is 5.18. The third kappa shape index (κ3) is 3.39. The topological polar surface area (TPSA) is 60.7 Å². The molecule has 136 valence electrons. The number of esters is 1. The van der Waals surface area contributed by atoms with Crippen LogP contribution in [0.2, 0.25) is 0 Å². The summed E-state index contributed by atoms with van der Waals surface area (Å²) in [6, 6.07) is 9.02. The summed E-state index contributed by atoms with van der Waals surface area (Å²) >= 11 is 3.28. The van der Waals surface area contributed by atoms with Gasteiger partial charge in [0.05, 0.1) is 27.9 Å². The lowest BCUT2D eigenvalue weighted by Gasteiger charge is -2.10. The molecule has 5 nitrogen and oxygen atoms in total. The zero-order chi connectivity index (χ0) is 18.8. The molecule has 0 atom stereocenters. The molecular formula is C19H17BrFNO4. The normalized spacial score (nSPS) is 10.9. The Hall–Kier alpha value is -2.54. The van der Waals surface area contributed by atoms with Crippen molar-refractivity contribution in [2.24, 2.45) is 7.05 Å². The molecule has 3 aromatic rings. The summed E-state index contributed by atoms with van der Waals surface area (Å²) in [4.78, 5) is 12.5. The average molecular weight is 422 g/mol. The molecule has 0 unspecified atom stereocenters. The van der Waals surface area contributed by atoms with E-state index in [4.69, 9.17) is 9.47 Å². The van der Waals surface area contributed by atoms with Crippen LogP contribution in [-0.4, -0.2) is 22.2 Å². The van der Waals surface area contributed by atoms with Crippen LogP contribution in [0.4, 0.5) is 4.39 Å². The second kappa shape index (κ2) is 7.37. The van der Waals surface area contributed by atoms with Crippen molar-refractivity contribution < 1.29 is 23.8 Å². The zero-order valence-corrected chi connectivity index (χ0v) is 15.8. The molecule has 0 radical (unpaired) electrons. The van der Waals surface area contributed by atoms with E-state index in [0.717, 1.165) is 5.52 Å². The molecule has 0 aliphatic heterocycles. The predicted octanol–water partition coefficient (Wildman–Crippen LogP) is 4.54. The van der Waals surface area contributed by atoms with Crippen molar-refractivity contribution >= 4 is 32.8 Å². The maximum atomic E-state index is 13.3. The minimum Gasteiger partial charge on any atom is -0.507 e. The Morgan fingerprint density at radius 3 is 2.77 bits per heavy atom. The van der Waals surface area contributed by atoms with E-state index in [-0.39, 0.29) is 19.0 Å². The van der Waals surface area contributed by atoms with Gasteiger partial charge >= 0.3 is 5.97 Å². The maximum absolute atomic E-state index is 13.3. The van der Waals surface area contributed by atoms with E-state index in [2.05, 4.69) is 15.9 Å². The molecule has 1 heterocycles. The van der Waals surface area contributed by atoms with Crippen LogP contribution in [-0.2, 0) is 18.4 Å². The lowest BCUT2D eigenvalue weighted by molar-refractivity contribution is 0.0525. The first-order valence-electron chi connectivity index (χ1n) is 7.97. The van der Waals surface area contributed by atoms with Crippen LogP contribution in [0.5, 0.6) is 11.5 Å². The number of phenolic OH excluding ortho intramolecular Hbond substituents is 1. The van der Waals surface area contributed by atoms with E-state index in [1.54, 1.807) is 36.7 Å². The Labute approximate surface area is 158 Å². The van der Waals surface area contributed by atoms with Crippen molar-refractivity contribution in [2.75, 3.05) is 6.61 Å². The maximum Gasteiger partial charge on any atom is 0.340 e. The molecule has 1 N–H and O–H groups in total. The summed E-state index contributed by atoms with van der Waals surface area (Å²) in [6.45, 7) is 1.99. The van der Waals surface area contributed by atoms with E-state index < -0.39 is 11.8 Å². The van der Waals surface area contributed by atoms with Gasteiger partial charge < -0.3 is 19.1 Å². The smallest absolute Gasteiger partial charge is 0.340 e. The fraction of sp³-hybridized carbons (Fsp3) is 0.211. The van der Waals surface area contributed by atoms with Gasteiger partial charge in [-0.1, -0.05) is 6.07 Å². The number of halogens is 2.